The predicted molar refractivity (Wildman–Crippen MR) is 125 cm³/mol. The van der Waals surface area contributed by atoms with Crippen LogP contribution in [-0.2, 0) is 16.3 Å². The van der Waals surface area contributed by atoms with Crippen LogP contribution >= 0.6 is 46.1 Å². The molecule has 31 heavy (non-hydrogen) atoms. The quantitative estimate of drug-likeness (QED) is 0.398. The highest BCUT2D eigenvalue weighted by Gasteiger charge is 2.32. The van der Waals surface area contributed by atoms with Gasteiger partial charge in [0, 0.05) is 40.0 Å². The molecule has 2 heterocycles. The Hall–Kier alpha value is -1.38. The molecule has 0 amide bonds. The van der Waals surface area contributed by atoms with E-state index in [-0.39, 0.29) is 10.7 Å². The molecule has 3 aromatic rings. The van der Waals surface area contributed by atoms with Gasteiger partial charge in [-0.1, -0.05) is 34.8 Å². The molecule has 0 radical (unpaired) electrons. The lowest BCUT2D eigenvalue weighted by molar-refractivity contribution is 0.529. The number of hydrogen-bond donors (Lipinski definition) is 0. The Bertz CT molecular complexity index is 1170. The molecule has 2 aromatic carbocycles. The Morgan fingerprint density at radius 3 is 2.29 bits per heavy atom. The standard InChI is InChI=1S/C21H18Cl3FN2O2S2/c22-14-5-13(6-17(25)9-14)7-18-12-30-21(26-18)27-3-1-19(2-4-27)31(28,29)20-10-15(23)8-16(24)11-20/h5-6,8-12,19H,1-4,7H2. The zero-order valence-corrected chi connectivity index (χ0v) is 20.1. The lowest BCUT2D eigenvalue weighted by Crippen LogP contribution is -2.39. The van der Waals surface area contributed by atoms with Crippen molar-refractivity contribution in [2.75, 3.05) is 18.0 Å². The zero-order chi connectivity index (χ0) is 22.2. The van der Waals surface area contributed by atoms with Crippen molar-refractivity contribution >= 4 is 61.1 Å². The SMILES string of the molecule is O=S(=O)(c1cc(Cl)cc(Cl)c1)C1CCN(c2nc(Cc3cc(F)cc(Cl)c3)cs2)CC1. The van der Waals surface area contributed by atoms with E-state index in [4.69, 9.17) is 34.8 Å². The third-order valence-electron chi connectivity index (χ3n) is 5.16. The first-order chi connectivity index (χ1) is 14.7. The molecule has 1 aromatic heterocycles. The van der Waals surface area contributed by atoms with E-state index in [1.54, 1.807) is 6.07 Å². The van der Waals surface area contributed by atoms with Crippen LogP contribution in [0.2, 0.25) is 15.1 Å². The summed E-state index contributed by atoms with van der Waals surface area (Å²) in [6.07, 6.45) is 1.45. The largest absolute Gasteiger partial charge is 0.348 e. The minimum Gasteiger partial charge on any atom is -0.348 e. The van der Waals surface area contributed by atoms with Crippen LogP contribution in [0.4, 0.5) is 9.52 Å². The summed E-state index contributed by atoms with van der Waals surface area (Å²) in [6.45, 7) is 1.16. The van der Waals surface area contributed by atoms with Crippen molar-refractivity contribution in [3.05, 3.63) is 73.9 Å². The maximum Gasteiger partial charge on any atom is 0.185 e. The number of halogens is 4. The molecular formula is C21H18Cl3FN2O2S2. The summed E-state index contributed by atoms with van der Waals surface area (Å²) in [4.78, 5) is 6.90. The van der Waals surface area contributed by atoms with Crippen LogP contribution in [0.3, 0.4) is 0 Å². The van der Waals surface area contributed by atoms with Gasteiger partial charge in [-0.2, -0.15) is 0 Å². The van der Waals surface area contributed by atoms with Gasteiger partial charge >= 0.3 is 0 Å². The van der Waals surface area contributed by atoms with Gasteiger partial charge in [-0.05, 0) is 54.8 Å². The molecule has 1 saturated heterocycles. The van der Waals surface area contributed by atoms with E-state index in [0.29, 0.717) is 47.4 Å². The Morgan fingerprint density at radius 2 is 1.65 bits per heavy atom. The number of benzene rings is 2. The Balaban J connectivity index is 1.42. The van der Waals surface area contributed by atoms with Crippen molar-refractivity contribution in [1.82, 2.24) is 4.98 Å². The number of hydrogen-bond acceptors (Lipinski definition) is 5. The van der Waals surface area contributed by atoms with E-state index in [1.807, 2.05) is 5.38 Å². The highest BCUT2D eigenvalue weighted by Crippen LogP contribution is 2.31. The van der Waals surface area contributed by atoms with Crippen molar-refractivity contribution in [3.63, 3.8) is 0 Å². The van der Waals surface area contributed by atoms with Crippen LogP contribution in [0.1, 0.15) is 24.1 Å². The molecular weight excluding hydrogens is 502 g/mol. The number of nitrogens with zero attached hydrogens (tertiary/aromatic N) is 2. The fourth-order valence-electron chi connectivity index (χ4n) is 3.69. The van der Waals surface area contributed by atoms with Gasteiger partial charge in [-0.3, -0.25) is 0 Å². The molecule has 1 fully saturated rings. The maximum absolute atomic E-state index is 13.6. The lowest BCUT2D eigenvalue weighted by atomic mass is 10.1. The van der Waals surface area contributed by atoms with E-state index in [1.165, 1.54) is 41.7 Å². The summed E-state index contributed by atoms with van der Waals surface area (Å²) < 4.78 is 39.6. The fraction of sp³-hybridized carbons (Fsp3) is 0.286. The minimum atomic E-state index is -3.52. The van der Waals surface area contributed by atoms with Gasteiger partial charge in [0.05, 0.1) is 15.8 Å². The summed E-state index contributed by atoms with van der Waals surface area (Å²) in [7, 11) is -3.52. The van der Waals surface area contributed by atoms with Gasteiger partial charge in [-0.15, -0.1) is 11.3 Å². The van der Waals surface area contributed by atoms with Crippen molar-refractivity contribution in [2.45, 2.75) is 29.4 Å². The van der Waals surface area contributed by atoms with E-state index >= 15 is 0 Å². The summed E-state index contributed by atoms with van der Waals surface area (Å²) in [5, 5.41) is 3.24. The summed E-state index contributed by atoms with van der Waals surface area (Å²) in [6, 6.07) is 8.85. The second kappa shape index (κ2) is 9.24. The topological polar surface area (TPSA) is 50.3 Å². The number of thiazole rings is 1. The smallest absolute Gasteiger partial charge is 0.185 e. The molecule has 4 rings (SSSR count). The van der Waals surface area contributed by atoms with E-state index in [9.17, 15) is 12.8 Å². The highest BCUT2D eigenvalue weighted by molar-refractivity contribution is 7.92. The third kappa shape index (κ3) is 5.34. The molecule has 0 saturated carbocycles. The van der Waals surface area contributed by atoms with Gasteiger partial charge in [0.2, 0.25) is 0 Å². The number of anilines is 1. The molecule has 164 valence electrons. The average Bonchev–Trinajstić information content (AvgIpc) is 3.15. The first kappa shape index (κ1) is 22.8. The molecule has 0 aliphatic carbocycles. The molecule has 0 bridgehead atoms. The monoisotopic (exact) mass is 518 g/mol. The summed E-state index contributed by atoms with van der Waals surface area (Å²) in [5.41, 5.74) is 1.58. The summed E-state index contributed by atoms with van der Waals surface area (Å²) >= 11 is 19.4. The first-order valence-corrected chi connectivity index (χ1v) is 13.1. The predicted octanol–water partition coefficient (Wildman–Crippen LogP) is 6.28. The molecule has 0 spiro atoms. The third-order valence-corrected chi connectivity index (χ3v) is 9.01. The van der Waals surface area contributed by atoms with Crippen LogP contribution < -0.4 is 4.90 Å². The van der Waals surface area contributed by atoms with Gasteiger partial charge in [0.1, 0.15) is 5.82 Å². The van der Waals surface area contributed by atoms with E-state index in [2.05, 4.69) is 9.88 Å². The Labute approximate surface area is 199 Å². The molecule has 0 atom stereocenters. The second-order valence-corrected chi connectivity index (χ2v) is 11.8. The van der Waals surface area contributed by atoms with E-state index in [0.717, 1.165) is 16.4 Å². The molecule has 10 heteroatoms. The first-order valence-electron chi connectivity index (χ1n) is 9.55. The maximum atomic E-state index is 13.6. The van der Waals surface area contributed by atoms with Crippen LogP contribution in [-0.4, -0.2) is 31.7 Å². The zero-order valence-electron chi connectivity index (χ0n) is 16.2. The van der Waals surface area contributed by atoms with E-state index < -0.39 is 15.1 Å². The number of aromatic nitrogens is 1. The fourth-order valence-corrected chi connectivity index (χ4v) is 7.27. The highest BCUT2D eigenvalue weighted by atomic mass is 35.5. The number of piperidine rings is 1. The summed E-state index contributed by atoms with van der Waals surface area (Å²) in [5.74, 6) is -0.373. The van der Waals surface area contributed by atoms with Crippen LogP contribution in [0, 0.1) is 5.82 Å². The van der Waals surface area contributed by atoms with Gasteiger partial charge in [0.15, 0.2) is 15.0 Å². The van der Waals surface area contributed by atoms with Crippen LogP contribution in [0.5, 0.6) is 0 Å². The van der Waals surface area contributed by atoms with Gasteiger partial charge in [-0.25, -0.2) is 17.8 Å². The molecule has 4 nitrogen and oxygen atoms in total. The average molecular weight is 520 g/mol. The van der Waals surface area contributed by atoms with Crippen molar-refractivity contribution < 1.29 is 12.8 Å². The van der Waals surface area contributed by atoms with Gasteiger partial charge < -0.3 is 4.90 Å². The van der Waals surface area contributed by atoms with Crippen LogP contribution in [0.25, 0.3) is 0 Å². The van der Waals surface area contributed by atoms with Crippen molar-refractivity contribution in [3.8, 4) is 0 Å². The van der Waals surface area contributed by atoms with Crippen molar-refractivity contribution in [1.29, 1.82) is 0 Å². The van der Waals surface area contributed by atoms with Crippen LogP contribution in [0.15, 0.2) is 46.7 Å². The molecule has 1 aliphatic heterocycles. The number of rotatable bonds is 5. The number of sulfone groups is 1. The Kier molecular flexibility index (Phi) is 6.79. The normalized spacial score (nSPS) is 15.4. The second-order valence-electron chi connectivity index (χ2n) is 7.41. The van der Waals surface area contributed by atoms with Gasteiger partial charge in [0.25, 0.3) is 0 Å². The Morgan fingerprint density at radius 1 is 1.00 bits per heavy atom. The minimum absolute atomic E-state index is 0.161. The lowest BCUT2D eigenvalue weighted by Gasteiger charge is -2.31. The molecule has 0 N–H and O–H groups in total. The van der Waals surface area contributed by atoms with Crippen molar-refractivity contribution in [2.24, 2.45) is 0 Å². The molecule has 0 unspecified atom stereocenters. The molecule has 1 aliphatic rings.